The van der Waals surface area contributed by atoms with Gasteiger partial charge in [0, 0.05) is 0 Å². The van der Waals surface area contributed by atoms with E-state index in [-0.39, 0.29) is 16.8 Å². The smallest absolute Gasteiger partial charge is 0.478 e. The Labute approximate surface area is 109 Å². The molecule has 0 amide bonds. The minimum atomic E-state index is -1.60. The van der Waals surface area contributed by atoms with E-state index in [0.29, 0.717) is 5.75 Å². The second kappa shape index (κ2) is 5.56. The van der Waals surface area contributed by atoms with Crippen LogP contribution < -0.4 is 10.2 Å². The number of hydrogen-bond donors (Lipinski definition) is 3. The maximum absolute atomic E-state index is 11.0. The number of rotatable bonds is 4. The van der Waals surface area contributed by atoms with Crippen LogP contribution in [0, 0.1) is 0 Å². The number of carboxylic acid groups (broad SMARTS) is 1. The largest absolute Gasteiger partial charge is 0.488 e. The fourth-order valence-electron chi connectivity index (χ4n) is 1.60. The number of carbonyl (C=O) groups is 1. The Kier molecular flexibility index (Phi) is 3.84. The van der Waals surface area contributed by atoms with Crippen LogP contribution in [0.25, 0.3) is 0 Å². The highest BCUT2D eigenvalue weighted by Crippen LogP contribution is 2.24. The first kappa shape index (κ1) is 13.1. The molecule has 6 heteroatoms. The Bertz CT molecular complexity index is 597. The molecule has 0 aliphatic heterocycles. The molecule has 2 aromatic carbocycles. The molecule has 0 saturated heterocycles. The van der Waals surface area contributed by atoms with Crippen LogP contribution >= 0.6 is 0 Å². The summed E-state index contributed by atoms with van der Waals surface area (Å²) in [5, 5.41) is 27.2. The van der Waals surface area contributed by atoms with Gasteiger partial charge in [0.1, 0.15) is 17.1 Å². The van der Waals surface area contributed by atoms with Crippen LogP contribution in [-0.4, -0.2) is 28.2 Å². The third kappa shape index (κ3) is 3.12. The summed E-state index contributed by atoms with van der Waals surface area (Å²) in [7, 11) is -1.60. The van der Waals surface area contributed by atoms with Crippen molar-refractivity contribution in [2.75, 3.05) is 0 Å². The lowest BCUT2D eigenvalue weighted by Gasteiger charge is -2.09. The lowest BCUT2D eigenvalue weighted by Crippen LogP contribution is -2.29. The average Bonchev–Trinajstić information content (AvgIpc) is 2.39. The Morgan fingerprint density at radius 2 is 1.79 bits per heavy atom. The highest BCUT2D eigenvalue weighted by Gasteiger charge is 2.14. The lowest BCUT2D eigenvalue weighted by atomic mass is 9.80. The van der Waals surface area contributed by atoms with E-state index in [9.17, 15) is 4.79 Å². The van der Waals surface area contributed by atoms with Gasteiger partial charge in [-0.15, -0.1) is 0 Å². The summed E-state index contributed by atoms with van der Waals surface area (Å²) in [5.41, 5.74) is 0.308. The van der Waals surface area contributed by atoms with Crippen LogP contribution in [0.15, 0.2) is 48.5 Å². The molecule has 3 N–H and O–H groups in total. The van der Waals surface area contributed by atoms with Crippen LogP contribution in [0.4, 0.5) is 0 Å². The average molecular weight is 258 g/mol. The van der Waals surface area contributed by atoms with Crippen molar-refractivity contribution in [2.24, 2.45) is 0 Å². The van der Waals surface area contributed by atoms with E-state index in [1.165, 1.54) is 24.3 Å². The minimum absolute atomic E-state index is 0.0393. The van der Waals surface area contributed by atoms with Crippen molar-refractivity contribution >= 4 is 18.6 Å². The van der Waals surface area contributed by atoms with Crippen LogP contribution in [0.1, 0.15) is 10.4 Å². The van der Waals surface area contributed by atoms with E-state index in [2.05, 4.69) is 0 Å². The monoisotopic (exact) mass is 258 g/mol. The van der Waals surface area contributed by atoms with Crippen molar-refractivity contribution in [1.82, 2.24) is 0 Å². The van der Waals surface area contributed by atoms with E-state index in [0.717, 1.165) is 0 Å². The molecule has 0 aromatic heterocycles. The van der Waals surface area contributed by atoms with Gasteiger partial charge >= 0.3 is 13.1 Å². The van der Waals surface area contributed by atoms with Gasteiger partial charge in [-0.25, -0.2) is 4.79 Å². The molecule has 19 heavy (non-hydrogen) atoms. The van der Waals surface area contributed by atoms with Gasteiger partial charge in [-0.05, 0) is 29.7 Å². The summed E-state index contributed by atoms with van der Waals surface area (Å²) in [4.78, 5) is 11.0. The van der Waals surface area contributed by atoms with Gasteiger partial charge in [-0.1, -0.05) is 24.3 Å². The van der Waals surface area contributed by atoms with E-state index >= 15 is 0 Å². The Morgan fingerprint density at radius 3 is 2.47 bits per heavy atom. The number of ether oxygens (including phenoxy) is 1. The molecular formula is C13H11BO5. The van der Waals surface area contributed by atoms with Crippen molar-refractivity contribution in [3.8, 4) is 11.5 Å². The Hall–Kier alpha value is -2.31. The van der Waals surface area contributed by atoms with Gasteiger partial charge in [0.25, 0.3) is 0 Å². The molecule has 0 unspecified atom stereocenters. The molecule has 96 valence electrons. The maximum atomic E-state index is 11.0. The highest BCUT2D eigenvalue weighted by molar-refractivity contribution is 6.58. The van der Waals surface area contributed by atoms with Crippen LogP contribution in [0.3, 0.4) is 0 Å². The number of para-hydroxylation sites is 1. The summed E-state index contributed by atoms with van der Waals surface area (Å²) in [6.45, 7) is 0. The lowest BCUT2D eigenvalue weighted by molar-refractivity contribution is 0.0694. The first-order valence-corrected chi connectivity index (χ1v) is 5.54. The molecule has 0 heterocycles. The molecule has 5 nitrogen and oxygen atoms in total. The summed E-state index contributed by atoms with van der Waals surface area (Å²) in [6, 6.07) is 12.4. The molecule has 0 bridgehead atoms. The predicted octanol–water partition coefficient (Wildman–Crippen LogP) is 0.857. The van der Waals surface area contributed by atoms with Crippen molar-refractivity contribution in [3.63, 3.8) is 0 Å². The normalized spacial score (nSPS) is 10.0. The Balaban J connectivity index is 2.31. The molecular weight excluding hydrogens is 247 g/mol. The number of aromatic carboxylic acids is 1. The van der Waals surface area contributed by atoms with Crippen molar-refractivity contribution in [2.45, 2.75) is 0 Å². The van der Waals surface area contributed by atoms with Crippen molar-refractivity contribution < 1.29 is 24.7 Å². The topological polar surface area (TPSA) is 87.0 Å². The third-order valence-electron chi connectivity index (χ3n) is 2.50. The first-order valence-electron chi connectivity index (χ1n) is 5.54. The molecule has 0 spiro atoms. The zero-order valence-electron chi connectivity index (χ0n) is 9.85. The molecule has 2 aromatic rings. The molecule has 0 saturated carbocycles. The second-order valence-corrected chi connectivity index (χ2v) is 3.85. The van der Waals surface area contributed by atoms with Crippen LogP contribution in [0.5, 0.6) is 11.5 Å². The fourth-order valence-corrected chi connectivity index (χ4v) is 1.60. The quantitative estimate of drug-likeness (QED) is 0.708. The molecule has 0 fully saturated rings. The molecule has 0 radical (unpaired) electrons. The van der Waals surface area contributed by atoms with Gasteiger partial charge in [0.15, 0.2) is 0 Å². The van der Waals surface area contributed by atoms with Crippen molar-refractivity contribution in [3.05, 3.63) is 54.1 Å². The van der Waals surface area contributed by atoms with Crippen LogP contribution in [-0.2, 0) is 0 Å². The fraction of sp³-hybridized carbons (Fsp3) is 0. The van der Waals surface area contributed by atoms with Crippen LogP contribution in [0.2, 0.25) is 0 Å². The van der Waals surface area contributed by atoms with Gasteiger partial charge in [0.2, 0.25) is 0 Å². The SMILES string of the molecule is O=C(O)c1ccccc1Oc1cccc(B(O)O)c1. The van der Waals surface area contributed by atoms with E-state index in [4.69, 9.17) is 19.9 Å². The van der Waals surface area contributed by atoms with Gasteiger partial charge in [-0.2, -0.15) is 0 Å². The summed E-state index contributed by atoms with van der Waals surface area (Å²) in [6.07, 6.45) is 0. The number of carboxylic acids is 1. The first-order chi connectivity index (χ1) is 9.08. The molecule has 0 aliphatic rings. The Morgan fingerprint density at radius 1 is 1.05 bits per heavy atom. The number of hydrogen-bond acceptors (Lipinski definition) is 4. The standard InChI is InChI=1S/C13H11BO5/c15-13(16)11-6-1-2-7-12(11)19-10-5-3-4-9(8-10)14(17)18/h1-8,17-18H,(H,15,16). The highest BCUT2D eigenvalue weighted by atomic mass is 16.5. The summed E-state index contributed by atoms with van der Waals surface area (Å²) >= 11 is 0. The van der Waals surface area contributed by atoms with E-state index < -0.39 is 13.1 Å². The molecule has 0 aliphatic carbocycles. The molecule has 0 atom stereocenters. The zero-order chi connectivity index (χ0) is 13.8. The van der Waals surface area contributed by atoms with E-state index in [1.54, 1.807) is 24.3 Å². The van der Waals surface area contributed by atoms with Gasteiger partial charge in [-0.3, -0.25) is 0 Å². The molecule has 2 rings (SSSR count). The summed E-state index contributed by atoms with van der Waals surface area (Å²) in [5.74, 6) is -0.562. The summed E-state index contributed by atoms with van der Waals surface area (Å²) < 4.78 is 5.46. The number of benzene rings is 2. The van der Waals surface area contributed by atoms with Crippen molar-refractivity contribution in [1.29, 1.82) is 0 Å². The maximum Gasteiger partial charge on any atom is 0.488 e. The van der Waals surface area contributed by atoms with E-state index in [1.807, 2.05) is 0 Å². The zero-order valence-corrected chi connectivity index (χ0v) is 9.85. The minimum Gasteiger partial charge on any atom is -0.478 e. The second-order valence-electron chi connectivity index (χ2n) is 3.85. The van der Waals surface area contributed by atoms with Gasteiger partial charge in [0.05, 0.1) is 0 Å². The third-order valence-corrected chi connectivity index (χ3v) is 2.50. The predicted molar refractivity (Wildman–Crippen MR) is 69.7 cm³/mol. The van der Waals surface area contributed by atoms with Gasteiger partial charge < -0.3 is 19.9 Å².